The van der Waals surface area contributed by atoms with Crippen LogP contribution in [0.1, 0.15) is 348 Å². The Kier molecular flexibility index (Phi) is 58.3. The Morgan fingerprint density at radius 2 is 0.741 bits per heavy atom. The number of rotatable bonds is 62. The van der Waals surface area contributed by atoms with Gasteiger partial charge >= 0.3 is 0 Å². The van der Waals surface area contributed by atoms with E-state index >= 15 is 0 Å². The Labute approximate surface area is 501 Å². The van der Waals surface area contributed by atoms with Crippen LogP contribution < -0.4 is 5.32 Å². The van der Waals surface area contributed by atoms with E-state index in [1.807, 2.05) is 6.08 Å². The van der Waals surface area contributed by atoms with Gasteiger partial charge in [0.15, 0.2) is 6.29 Å². The molecule has 0 aromatic carbocycles. The van der Waals surface area contributed by atoms with Crippen LogP contribution in [0.2, 0.25) is 0 Å². The Morgan fingerprint density at radius 1 is 0.420 bits per heavy atom. The van der Waals surface area contributed by atoms with Gasteiger partial charge in [0, 0.05) is 6.42 Å². The van der Waals surface area contributed by atoms with Crippen molar-refractivity contribution in [3.05, 3.63) is 48.6 Å². The summed E-state index contributed by atoms with van der Waals surface area (Å²) in [6.45, 7) is 3.79. The molecule has 1 amide bonds. The molecule has 1 aliphatic rings. The second kappa shape index (κ2) is 61.2. The molecule has 1 rings (SSSR count). The maximum Gasteiger partial charge on any atom is 0.220 e. The van der Waals surface area contributed by atoms with Crippen molar-refractivity contribution in [2.24, 2.45) is 0 Å². The number of carbonyl (C=O) groups excluding carboxylic acids is 1. The number of nitrogens with one attached hydrogen (secondary N) is 1. The van der Waals surface area contributed by atoms with E-state index in [1.54, 1.807) is 6.08 Å². The lowest BCUT2D eigenvalue weighted by Gasteiger charge is -2.40. The fraction of sp³-hybridized carbons (Fsp3) is 0.875. The highest BCUT2D eigenvalue weighted by molar-refractivity contribution is 5.76. The number of unbranched alkanes of at least 4 members (excludes halogenated alkanes) is 46. The molecule has 0 radical (unpaired) electrons. The van der Waals surface area contributed by atoms with E-state index in [0.29, 0.717) is 6.42 Å². The Balaban J connectivity index is 2.06. The molecular formula is C72H135NO8. The normalized spacial score (nSPS) is 18.6. The van der Waals surface area contributed by atoms with Crippen molar-refractivity contribution in [3.8, 4) is 0 Å². The minimum atomic E-state index is -1.57. The average molecular weight is 1140 g/mol. The van der Waals surface area contributed by atoms with Crippen LogP contribution in [-0.4, -0.2) is 87.5 Å². The van der Waals surface area contributed by atoms with Gasteiger partial charge in [0.1, 0.15) is 24.4 Å². The Morgan fingerprint density at radius 3 is 1.11 bits per heavy atom. The van der Waals surface area contributed by atoms with Gasteiger partial charge in [0.25, 0.3) is 0 Å². The monoisotopic (exact) mass is 1140 g/mol. The summed E-state index contributed by atoms with van der Waals surface area (Å²) >= 11 is 0. The van der Waals surface area contributed by atoms with Crippen LogP contribution >= 0.6 is 0 Å². The maximum atomic E-state index is 13.1. The summed E-state index contributed by atoms with van der Waals surface area (Å²) < 4.78 is 11.3. The fourth-order valence-electron chi connectivity index (χ4n) is 11.3. The molecule has 7 atom stereocenters. The lowest BCUT2D eigenvalue weighted by Crippen LogP contribution is -2.60. The van der Waals surface area contributed by atoms with E-state index in [-0.39, 0.29) is 12.5 Å². The molecule has 9 nitrogen and oxygen atoms in total. The molecule has 1 fully saturated rings. The smallest absolute Gasteiger partial charge is 0.220 e. The van der Waals surface area contributed by atoms with E-state index in [1.165, 1.54) is 283 Å². The third-order valence-corrected chi connectivity index (χ3v) is 16.9. The van der Waals surface area contributed by atoms with Crippen molar-refractivity contribution in [1.29, 1.82) is 0 Å². The maximum absolute atomic E-state index is 13.1. The largest absolute Gasteiger partial charge is 0.394 e. The first-order chi connectivity index (χ1) is 39.8. The van der Waals surface area contributed by atoms with Crippen molar-refractivity contribution in [3.63, 3.8) is 0 Å². The molecule has 7 unspecified atom stereocenters. The first kappa shape index (κ1) is 77.2. The van der Waals surface area contributed by atoms with Crippen LogP contribution in [0.5, 0.6) is 0 Å². The molecule has 81 heavy (non-hydrogen) atoms. The number of hydrogen-bond donors (Lipinski definition) is 6. The van der Waals surface area contributed by atoms with Gasteiger partial charge in [0.05, 0.1) is 25.4 Å². The number of amides is 1. The minimum Gasteiger partial charge on any atom is -0.394 e. The van der Waals surface area contributed by atoms with Crippen LogP contribution in [0.4, 0.5) is 0 Å². The molecule has 1 saturated heterocycles. The molecule has 0 aromatic rings. The molecule has 0 aliphatic carbocycles. The highest BCUT2D eigenvalue weighted by Crippen LogP contribution is 2.23. The van der Waals surface area contributed by atoms with Crippen LogP contribution in [0.3, 0.4) is 0 Å². The first-order valence-electron chi connectivity index (χ1n) is 35.4. The van der Waals surface area contributed by atoms with Crippen molar-refractivity contribution in [2.75, 3.05) is 13.2 Å². The van der Waals surface area contributed by atoms with Gasteiger partial charge in [-0.25, -0.2) is 0 Å². The molecule has 0 bridgehead atoms. The van der Waals surface area contributed by atoms with Crippen molar-refractivity contribution in [1.82, 2.24) is 5.32 Å². The van der Waals surface area contributed by atoms with Gasteiger partial charge < -0.3 is 40.3 Å². The third-order valence-electron chi connectivity index (χ3n) is 16.9. The van der Waals surface area contributed by atoms with E-state index in [4.69, 9.17) is 9.47 Å². The van der Waals surface area contributed by atoms with E-state index in [2.05, 4.69) is 55.6 Å². The summed E-state index contributed by atoms with van der Waals surface area (Å²) in [6.07, 6.45) is 76.7. The van der Waals surface area contributed by atoms with Crippen LogP contribution in [0, 0.1) is 0 Å². The second-order valence-electron chi connectivity index (χ2n) is 24.7. The predicted octanol–water partition coefficient (Wildman–Crippen LogP) is 19.2. The topological polar surface area (TPSA) is 149 Å². The average Bonchev–Trinajstić information content (AvgIpc) is 3.48. The Hall–Kier alpha value is -1.85. The molecule has 1 aliphatic heterocycles. The van der Waals surface area contributed by atoms with E-state index in [0.717, 1.165) is 44.9 Å². The molecule has 6 N–H and O–H groups in total. The van der Waals surface area contributed by atoms with Gasteiger partial charge in [-0.05, 0) is 64.2 Å². The molecule has 1 heterocycles. The number of aliphatic hydroxyl groups is 5. The summed E-state index contributed by atoms with van der Waals surface area (Å²) in [4.78, 5) is 13.1. The SMILES string of the molecule is CCCCCCC/C=C\C/C=C\CCCCCCCCCCCCCCCCCCCCCCCCCCCCCC(=O)NC(COC1OC(CO)C(O)C(O)C1O)C(O)/C=C/CC/C=C/CCCCCCCCCCCCCCC. The number of ether oxygens (including phenoxy) is 2. The quantitative estimate of drug-likeness (QED) is 0.0261. The number of allylic oxidation sites excluding steroid dienone is 7. The van der Waals surface area contributed by atoms with E-state index < -0.39 is 49.5 Å². The van der Waals surface area contributed by atoms with Gasteiger partial charge in [-0.2, -0.15) is 0 Å². The summed E-state index contributed by atoms with van der Waals surface area (Å²) in [6, 6.07) is -0.821. The zero-order valence-electron chi connectivity index (χ0n) is 53.3. The summed E-state index contributed by atoms with van der Waals surface area (Å²) in [5.74, 6) is -0.180. The zero-order chi connectivity index (χ0) is 58.6. The Bertz CT molecular complexity index is 1420. The van der Waals surface area contributed by atoms with Gasteiger partial charge in [-0.15, -0.1) is 0 Å². The third kappa shape index (κ3) is 50.1. The van der Waals surface area contributed by atoms with Crippen molar-refractivity contribution >= 4 is 5.91 Å². The second-order valence-corrected chi connectivity index (χ2v) is 24.7. The molecule has 0 saturated carbocycles. The van der Waals surface area contributed by atoms with Crippen LogP contribution in [0.15, 0.2) is 48.6 Å². The summed E-state index contributed by atoms with van der Waals surface area (Å²) in [5.41, 5.74) is 0. The zero-order valence-corrected chi connectivity index (χ0v) is 53.3. The van der Waals surface area contributed by atoms with Gasteiger partial charge in [-0.3, -0.25) is 4.79 Å². The highest BCUT2D eigenvalue weighted by atomic mass is 16.7. The van der Waals surface area contributed by atoms with Crippen LogP contribution in [-0.2, 0) is 14.3 Å². The first-order valence-corrected chi connectivity index (χ1v) is 35.4. The molecule has 476 valence electrons. The van der Waals surface area contributed by atoms with Crippen LogP contribution in [0.25, 0.3) is 0 Å². The number of hydrogen-bond acceptors (Lipinski definition) is 8. The molecular weight excluding hydrogens is 1010 g/mol. The highest BCUT2D eigenvalue weighted by Gasteiger charge is 2.44. The molecule has 0 spiro atoms. The minimum absolute atomic E-state index is 0.180. The molecule has 0 aromatic heterocycles. The van der Waals surface area contributed by atoms with Gasteiger partial charge in [-0.1, -0.05) is 326 Å². The van der Waals surface area contributed by atoms with Gasteiger partial charge in [0.2, 0.25) is 5.91 Å². The van der Waals surface area contributed by atoms with Crippen molar-refractivity contribution in [2.45, 2.75) is 391 Å². The summed E-state index contributed by atoms with van der Waals surface area (Å²) in [5, 5.41) is 54.7. The standard InChI is InChI=1S/C72H135NO8/c1-3-5-7-9-11-13-15-17-19-21-23-24-25-26-27-28-29-30-31-32-33-34-35-36-37-38-39-40-41-42-44-46-48-50-52-54-56-58-60-62-68(76)73-65(64-80-72-71(79)70(78)69(77)67(63-74)81-72)66(75)61-59-57-55-53-51-49-47-45-43-22-20-18-16-14-12-10-8-6-4-2/h15,17,21,23,51,53,59,61,65-67,69-72,74-75,77-79H,3-14,16,18-20,22,24-50,52,54-58,60,62-64H2,1-2H3,(H,73,76)/b17-15-,23-21-,53-51+,61-59+. The van der Waals surface area contributed by atoms with Crippen molar-refractivity contribution < 1.29 is 39.8 Å². The molecule has 9 heteroatoms. The number of aliphatic hydroxyl groups excluding tert-OH is 5. The van der Waals surface area contributed by atoms with E-state index in [9.17, 15) is 30.3 Å². The number of carbonyl (C=O) groups is 1. The fourth-order valence-corrected chi connectivity index (χ4v) is 11.3. The summed E-state index contributed by atoms with van der Waals surface area (Å²) in [7, 11) is 0. The lowest BCUT2D eigenvalue weighted by atomic mass is 9.99. The lowest BCUT2D eigenvalue weighted by molar-refractivity contribution is -0.302. The predicted molar refractivity (Wildman–Crippen MR) is 346 cm³/mol.